The van der Waals surface area contributed by atoms with Crippen LogP contribution in [0.2, 0.25) is 0 Å². The number of methoxy groups -OCH3 is 2. The molecule has 0 unspecified atom stereocenters. The van der Waals surface area contributed by atoms with Crippen LogP contribution in [0.5, 0.6) is 5.75 Å². The fourth-order valence-corrected chi connectivity index (χ4v) is 2.11. The first-order chi connectivity index (χ1) is 12.8. The molecule has 0 aromatic heterocycles. The molecule has 0 aliphatic heterocycles. The number of rotatable bonds is 6. The van der Waals surface area contributed by atoms with Crippen molar-refractivity contribution in [2.45, 2.75) is 6.61 Å². The first kappa shape index (κ1) is 20.2. The van der Waals surface area contributed by atoms with E-state index in [4.69, 9.17) is 9.47 Å². The summed E-state index contributed by atoms with van der Waals surface area (Å²) in [4.78, 5) is 11.7. The minimum Gasteiger partial charge on any atom is -0.503 e. The number of ether oxygens (including phenoxy) is 3. The lowest BCUT2D eigenvalue weighted by atomic mass is 10.1. The minimum absolute atomic E-state index is 0.118. The fraction of sp³-hybridized carbons (Fsp3) is 0.167. The van der Waals surface area contributed by atoms with Gasteiger partial charge in [0.2, 0.25) is 29.1 Å². The molecule has 0 fully saturated rings. The first-order valence-electron chi connectivity index (χ1n) is 7.36. The van der Waals surface area contributed by atoms with Crippen LogP contribution in [-0.4, -0.2) is 20.2 Å². The van der Waals surface area contributed by atoms with Crippen LogP contribution in [0.15, 0.2) is 30.5 Å². The van der Waals surface area contributed by atoms with Crippen molar-refractivity contribution in [3.05, 3.63) is 70.7 Å². The number of hydrogen-bond acceptors (Lipinski definition) is 4. The molecule has 0 heterocycles. The Bertz CT molecular complexity index is 849. The van der Waals surface area contributed by atoms with E-state index in [9.17, 15) is 26.7 Å². The Labute approximate surface area is 150 Å². The third-order valence-corrected chi connectivity index (χ3v) is 3.46. The number of halogens is 5. The van der Waals surface area contributed by atoms with Gasteiger partial charge < -0.3 is 14.2 Å². The molecule has 0 spiro atoms. The molecule has 9 heteroatoms. The highest BCUT2D eigenvalue weighted by Gasteiger charge is 2.27. The van der Waals surface area contributed by atoms with E-state index < -0.39 is 47.4 Å². The zero-order chi connectivity index (χ0) is 20.1. The van der Waals surface area contributed by atoms with Gasteiger partial charge in [-0.1, -0.05) is 24.3 Å². The van der Waals surface area contributed by atoms with Crippen LogP contribution < -0.4 is 4.74 Å². The van der Waals surface area contributed by atoms with Crippen molar-refractivity contribution in [2.75, 3.05) is 14.2 Å². The summed E-state index contributed by atoms with van der Waals surface area (Å²) >= 11 is 0. The van der Waals surface area contributed by atoms with Crippen LogP contribution in [0.4, 0.5) is 22.0 Å². The second-order valence-electron chi connectivity index (χ2n) is 5.14. The van der Waals surface area contributed by atoms with E-state index >= 15 is 0 Å². The Morgan fingerprint density at radius 1 is 0.889 bits per heavy atom. The Morgan fingerprint density at radius 3 is 1.89 bits per heavy atom. The van der Waals surface area contributed by atoms with Crippen LogP contribution >= 0.6 is 0 Å². The summed E-state index contributed by atoms with van der Waals surface area (Å²) < 4.78 is 80.6. The normalized spacial score (nSPS) is 11.3. The summed E-state index contributed by atoms with van der Waals surface area (Å²) in [5, 5.41) is 0. The molecule has 0 aliphatic carbocycles. The third-order valence-electron chi connectivity index (χ3n) is 3.46. The molecular formula is C18H13F5O4. The summed E-state index contributed by atoms with van der Waals surface area (Å²) in [6.07, 6.45) is 1.17. The number of benzene rings is 2. The molecule has 0 amide bonds. The smallest absolute Gasteiger partial charge is 0.341 e. The fourth-order valence-electron chi connectivity index (χ4n) is 2.11. The van der Waals surface area contributed by atoms with E-state index in [2.05, 4.69) is 4.74 Å². The van der Waals surface area contributed by atoms with E-state index in [1.807, 2.05) is 0 Å². The molecule has 0 saturated heterocycles. The van der Waals surface area contributed by atoms with Crippen molar-refractivity contribution in [1.82, 2.24) is 0 Å². The highest BCUT2D eigenvalue weighted by atomic mass is 19.2. The van der Waals surface area contributed by atoms with Gasteiger partial charge in [0.05, 0.1) is 20.5 Å². The average molecular weight is 388 g/mol. The zero-order valence-electron chi connectivity index (χ0n) is 14.1. The minimum atomic E-state index is -2.26. The van der Waals surface area contributed by atoms with Gasteiger partial charge in [0, 0.05) is 0 Å². The Kier molecular flexibility index (Phi) is 6.38. The summed E-state index contributed by atoms with van der Waals surface area (Å²) in [6, 6.07) is 5.82. The van der Waals surface area contributed by atoms with Gasteiger partial charge >= 0.3 is 5.97 Å². The van der Waals surface area contributed by atoms with Gasteiger partial charge in [0.15, 0.2) is 5.75 Å². The van der Waals surface area contributed by atoms with Gasteiger partial charge in [-0.05, 0) is 11.1 Å². The highest BCUT2D eigenvalue weighted by molar-refractivity contribution is 6.16. The zero-order valence-corrected chi connectivity index (χ0v) is 14.1. The first-order valence-corrected chi connectivity index (χ1v) is 7.36. The summed E-state index contributed by atoms with van der Waals surface area (Å²) in [7, 11) is 2.54. The molecule has 0 saturated carbocycles. The van der Waals surface area contributed by atoms with Crippen molar-refractivity contribution < 1.29 is 41.0 Å². The monoisotopic (exact) mass is 388 g/mol. The average Bonchev–Trinajstić information content (AvgIpc) is 2.69. The molecule has 0 bridgehead atoms. The maximum Gasteiger partial charge on any atom is 0.341 e. The lowest BCUT2D eigenvalue weighted by Crippen LogP contribution is -2.07. The van der Waals surface area contributed by atoms with Gasteiger partial charge in [0.25, 0.3) is 0 Å². The van der Waals surface area contributed by atoms with Gasteiger partial charge in [-0.3, -0.25) is 0 Å². The van der Waals surface area contributed by atoms with Crippen LogP contribution in [0.1, 0.15) is 11.1 Å². The molecule has 2 aromatic rings. The van der Waals surface area contributed by atoms with Crippen molar-refractivity contribution in [2.24, 2.45) is 0 Å². The number of hydrogen-bond donors (Lipinski definition) is 0. The summed E-state index contributed by atoms with van der Waals surface area (Å²) in [5.74, 6) is -12.6. The molecule has 0 atom stereocenters. The Balaban J connectivity index is 2.22. The lowest BCUT2D eigenvalue weighted by molar-refractivity contribution is -0.133. The molecule has 2 aromatic carbocycles. The van der Waals surface area contributed by atoms with Gasteiger partial charge in [-0.25, -0.2) is 18.0 Å². The second-order valence-corrected chi connectivity index (χ2v) is 5.14. The predicted octanol–water partition coefficient (Wildman–Crippen LogP) is 4.12. The lowest BCUT2D eigenvalue weighted by Gasteiger charge is -2.11. The van der Waals surface area contributed by atoms with Gasteiger partial charge in [-0.15, -0.1) is 0 Å². The van der Waals surface area contributed by atoms with Crippen LogP contribution in [-0.2, 0) is 20.9 Å². The number of carbonyl (C=O) groups excluding carboxylic acids is 1. The second kappa shape index (κ2) is 8.52. The standard InChI is InChI=1S/C18H13F5O4/c1-25-8-11(18(24)26-2)10-5-3-9(4-6-10)7-27-17-15(22)13(20)12(19)14(21)16(17)23/h3-6,8H,7H2,1-2H3/b11-8+. The molecule has 27 heavy (non-hydrogen) atoms. The third kappa shape index (κ3) is 4.18. The van der Waals surface area contributed by atoms with E-state index in [1.54, 1.807) is 0 Å². The number of carbonyl (C=O) groups is 1. The molecule has 144 valence electrons. The van der Waals surface area contributed by atoms with Crippen molar-refractivity contribution in [3.63, 3.8) is 0 Å². The van der Waals surface area contributed by atoms with E-state index in [0.717, 1.165) is 0 Å². The van der Waals surface area contributed by atoms with E-state index in [1.165, 1.54) is 44.7 Å². The van der Waals surface area contributed by atoms with Crippen LogP contribution in [0.25, 0.3) is 5.57 Å². The highest BCUT2D eigenvalue weighted by Crippen LogP contribution is 2.29. The van der Waals surface area contributed by atoms with Crippen molar-refractivity contribution in [1.29, 1.82) is 0 Å². The number of esters is 1. The topological polar surface area (TPSA) is 44.8 Å². The quantitative estimate of drug-likeness (QED) is 0.187. The van der Waals surface area contributed by atoms with Crippen molar-refractivity contribution >= 4 is 11.5 Å². The Hall–Kier alpha value is -3.10. The molecule has 0 radical (unpaired) electrons. The van der Waals surface area contributed by atoms with E-state index in [-0.39, 0.29) is 5.57 Å². The van der Waals surface area contributed by atoms with Gasteiger partial charge in [-0.2, -0.15) is 8.78 Å². The Morgan fingerprint density at radius 2 is 1.41 bits per heavy atom. The predicted molar refractivity (Wildman–Crippen MR) is 84.0 cm³/mol. The summed E-state index contributed by atoms with van der Waals surface area (Å²) in [6.45, 7) is -0.472. The van der Waals surface area contributed by atoms with Crippen LogP contribution in [0, 0.1) is 29.1 Å². The largest absolute Gasteiger partial charge is 0.503 e. The molecule has 4 nitrogen and oxygen atoms in total. The maximum atomic E-state index is 13.6. The molecule has 0 aliphatic rings. The molecular weight excluding hydrogens is 375 g/mol. The van der Waals surface area contributed by atoms with Gasteiger partial charge in [0.1, 0.15) is 12.2 Å². The molecule has 2 rings (SSSR count). The van der Waals surface area contributed by atoms with Crippen LogP contribution in [0.3, 0.4) is 0 Å². The SMILES string of the molecule is CO/C=C(/C(=O)OC)c1ccc(COc2c(F)c(F)c(F)c(F)c2F)cc1. The summed E-state index contributed by atoms with van der Waals surface area (Å²) in [5.41, 5.74) is 0.889. The molecule has 0 N–H and O–H groups in total. The van der Waals surface area contributed by atoms with Crippen molar-refractivity contribution in [3.8, 4) is 5.75 Å². The van der Waals surface area contributed by atoms with E-state index in [0.29, 0.717) is 11.1 Å². The maximum absolute atomic E-state index is 13.6.